The average molecular weight is 155 g/mol. The number of hydrogen-bond donors (Lipinski definition) is 2. The minimum absolute atomic E-state index is 0.0995. The molecule has 0 aromatic carbocycles. The molecule has 2 N–H and O–H groups in total. The fourth-order valence-electron chi connectivity index (χ4n) is 2.76. The van der Waals surface area contributed by atoms with E-state index in [2.05, 4.69) is 12.2 Å². The molecule has 2 saturated heterocycles. The van der Waals surface area contributed by atoms with Gasteiger partial charge in [-0.25, -0.2) is 0 Å². The lowest BCUT2D eigenvalue weighted by Gasteiger charge is -2.57. The lowest BCUT2D eigenvalue weighted by Crippen LogP contribution is -2.72. The Hall–Kier alpha value is -0.0800. The summed E-state index contributed by atoms with van der Waals surface area (Å²) in [7, 11) is 0. The maximum atomic E-state index is 9.53. The fourth-order valence-corrected chi connectivity index (χ4v) is 2.76. The first-order valence-electron chi connectivity index (χ1n) is 4.58. The molecule has 2 heterocycles. The van der Waals surface area contributed by atoms with Gasteiger partial charge in [-0.15, -0.1) is 0 Å². The van der Waals surface area contributed by atoms with Crippen molar-refractivity contribution >= 4 is 0 Å². The Balaban J connectivity index is 2.07. The molecule has 0 aromatic rings. The van der Waals surface area contributed by atoms with Crippen LogP contribution in [-0.4, -0.2) is 22.8 Å². The quantitative estimate of drug-likeness (QED) is 0.589. The van der Waals surface area contributed by atoms with Gasteiger partial charge < -0.3 is 10.4 Å². The van der Waals surface area contributed by atoms with Crippen molar-refractivity contribution in [2.45, 2.75) is 50.8 Å². The van der Waals surface area contributed by atoms with E-state index in [0.29, 0.717) is 6.04 Å². The van der Waals surface area contributed by atoms with Gasteiger partial charge in [0.05, 0.1) is 6.10 Å². The monoisotopic (exact) mass is 155 g/mol. The molecule has 2 heteroatoms. The van der Waals surface area contributed by atoms with Crippen molar-refractivity contribution in [1.82, 2.24) is 5.32 Å². The summed E-state index contributed by atoms with van der Waals surface area (Å²) in [5, 5.41) is 13.0. The summed E-state index contributed by atoms with van der Waals surface area (Å²) in [6, 6.07) is 0.702. The number of hydrogen-bond acceptors (Lipinski definition) is 2. The van der Waals surface area contributed by atoms with E-state index < -0.39 is 0 Å². The summed E-state index contributed by atoms with van der Waals surface area (Å²) < 4.78 is 0. The highest BCUT2D eigenvalue weighted by atomic mass is 16.3. The summed E-state index contributed by atoms with van der Waals surface area (Å²) in [5.74, 6) is 0.796. The van der Waals surface area contributed by atoms with Crippen molar-refractivity contribution in [3.8, 4) is 0 Å². The van der Waals surface area contributed by atoms with Gasteiger partial charge in [-0.05, 0) is 32.1 Å². The molecular formula is C9H17NO. The van der Waals surface area contributed by atoms with Crippen molar-refractivity contribution in [2.24, 2.45) is 5.92 Å². The number of nitrogens with one attached hydrogen (secondary N) is 1. The molecule has 2 aliphatic heterocycles. The third-order valence-electron chi connectivity index (χ3n) is 3.30. The first-order valence-corrected chi connectivity index (χ1v) is 4.58. The van der Waals surface area contributed by atoms with Crippen molar-refractivity contribution in [3.63, 3.8) is 0 Å². The molecule has 3 aliphatic rings. The topological polar surface area (TPSA) is 32.3 Å². The molecule has 0 radical (unpaired) electrons. The minimum Gasteiger partial charge on any atom is -0.391 e. The molecule has 1 aliphatic carbocycles. The Morgan fingerprint density at radius 1 is 1.55 bits per heavy atom. The molecular weight excluding hydrogens is 138 g/mol. The van der Waals surface area contributed by atoms with Gasteiger partial charge in [0.15, 0.2) is 0 Å². The van der Waals surface area contributed by atoms with Crippen LogP contribution in [0.5, 0.6) is 0 Å². The van der Waals surface area contributed by atoms with Crippen LogP contribution in [0.15, 0.2) is 0 Å². The Bertz CT molecular complexity index is 161. The molecule has 64 valence electrons. The number of aliphatic hydroxyl groups excluding tert-OH is 1. The predicted octanol–water partition coefficient (Wildman–Crippen LogP) is 0.898. The predicted molar refractivity (Wildman–Crippen MR) is 44.4 cm³/mol. The third-order valence-corrected chi connectivity index (χ3v) is 3.30. The molecule has 0 amide bonds. The highest BCUT2D eigenvalue weighted by molar-refractivity contribution is 5.11. The van der Waals surface area contributed by atoms with Crippen molar-refractivity contribution in [3.05, 3.63) is 0 Å². The first kappa shape index (κ1) is 7.56. The second-order valence-electron chi connectivity index (χ2n) is 4.42. The molecule has 3 fully saturated rings. The molecule has 11 heavy (non-hydrogen) atoms. The number of rotatable bonds is 1. The Labute approximate surface area is 68.0 Å². The van der Waals surface area contributed by atoms with Crippen molar-refractivity contribution < 1.29 is 5.11 Å². The van der Waals surface area contributed by atoms with Gasteiger partial charge in [0.25, 0.3) is 0 Å². The molecule has 1 saturated carbocycles. The summed E-state index contributed by atoms with van der Waals surface area (Å²) in [5.41, 5.74) is 0.0995. The van der Waals surface area contributed by atoms with Gasteiger partial charge in [-0.2, -0.15) is 0 Å². The van der Waals surface area contributed by atoms with Crippen molar-refractivity contribution in [1.29, 1.82) is 0 Å². The molecule has 2 bridgehead atoms. The van der Waals surface area contributed by atoms with Crippen LogP contribution in [0, 0.1) is 5.92 Å². The van der Waals surface area contributed by atoms with E-state index in [0.717, 1.165) is 12.3 Å². The summed E-state index contributed by atoms with van der Waals surface area (Å²) >= 11 is 0. The van der Waals surface area contributed by atoms with Crippen LogP contribution in [0.1, 0.15) is 33.1 Å². The van der Waals surface area contributed by atoms with E-state index in [1.807, 2.05) is 6.92 Å². The second kappa shape index (κ2) is 2.20. The van der Waals surface area contributed by atoms with Crippen LogP contribution >= 0.6 is 0 Å². The Morgan fingerprint density at radius 2 is 2.18 bits per heavy atom. The first-order chi connectivity index (χ1) is 5.12. The smallest absolute Gasteiger partial charge is 0.0694 e. The van der Waals surface area contributed by atoms with E-state index >= 15 is 0 Å². The fraction of sp³-hybridized carbons (Fsp3) is 1.00. The van der Waals surface area contributed by atoms with Gasteiger partial charge in [0.2, 0.25) is 0 Å². The average Bonchev–Trinajstić information content (AvgIpc) is 1.83. The largest absolute Gasteiger partial charge is 0.391 e. The van der Waals surface area contributed by atoms with Crippen molar-refractivity contribution in [2.75, 3.05) is 0 Å². The number of aliphatic hydroxyl groups is 1. The lowest BCUT2D eigenvalue weighted by molar-refractivity contribution is -0.0519. The van der Waals surface area contributed by atoms with E-state index in [-0.39, 0.29) is 11.6 Å². The molecule has 4 unspecified atom stereocenters. The zero-order chi connectivity index (χ0) is 8.06. The summed E-state index contributed by atoms with van der Waals surface area (Å²) in [6.07, 6.45) is 3.46. The number of piperidine rings is 1. The highest BCUT2D eigenvalue weighted by Gasteiger charge is 2.51. The maximum absolute atomic E-state index is 9.53. The molecule has 2 nitrogen and oxygen atoms in total. The summed E-state index contributed by atoms with van der Waals surface area (Å²) in [6.45, 7) is 4.19. The van der Waals surface area contributed by atoms with Gasteiger partial charge in [0, 0.05) is 11.6 Å². The minimum atomic E-state index is -0.179. The van der Waals surface area contributed by atoms with Crippen LogP contribution in [0.3, 0.4) is 0 Å². The van der Waals surface area contributed by atoms with Crippen LogP contribution in [0.25, 0.3) is 0 Å². The van der Waals surface area contributed by atoms with E-state index in [1.54, 1.807) is 0 Å². The van der Waals surface area contributed by atoms with E-state index in [9.17, 15) is 5.11 Å². The van der Waals surface area contributed by atoms with E-state index in [1.165, 1.54) is 12.8 Å². The Kier molecular flexibility index (Phi) is 1.52. The Morgan fingerprint density at radius 3 is 2.55 bits per heavy atom. The van der Waals surface area contributed by atoms with Crippen LogP contribution in [-0.2, 0) is 0 Å². The van der Waals surface area contributed by atoms with Gasteiger partial charge in [-0.1, -0.05) is 6.92 Å². The lowest BCUT2D eigenvalue weighted by atomic mass is 9.64. The highest BCUT2D eigenvalue weighted by Crippen LogP contribution is 2.43. The second-order valence-corrected chi connectivity index (χ2v) is 4.42. The normalized spacial score (nSPS) is 51.5. The zero-order valence-corrected chi connectivity index (χ0v) is 7.30. The SMILES string of the molecule is CC1CC2CC(C(C)O)(C1)N2. The maximum Gasteiger partial charge on any atom is 0.0694 e. The third kappa shape index (κ3) is 1.00. The standard InChI is InChI=1S/C9H17NO/c1-6-3-8-5-9(4-6,10-8)7(2)11/h6-8,10-11H,3-5H2,1-2H3. The van der Waals surface area contributed by atoms with Crippen LogP contribution in [0.2, 0.25) is 0 Å². The van der Waals surface area contributed by atoms with Gasteiger partial charge >= 0.3 is 0 Å². The van der Waals surface area contributed by atoms with Crippen LogP contribution < -0.4 is 5.32 Å². The van der Waals surface area contributed by atoms with Gasteiger partial charge in [-0.3, -0.25) is 0 Å². The molecule has 4 atom stereocenters. The number of fused-ring (bicyclic) bond motifs is 2. The molecule has 0 aromatic heterocycles. The van der Waals surface area contributed by atoms with Gasteiger partial charge in [0.1, 0.15) is 0 Å². The van der Waals surface area contributed by atoms with E-state index in [4.69, 9.17) is 0 Å². The summed E-state index contributed by atoms with van der Waals surface area (Å²) in [4.78, 5) is 0. The zero-order valence-electron chi connectivity index (χ0n) is 7.30. The molecule has 0 spiro atoms. The molecule has 3 rings (SSSR count). The van der Waals surface area contributed by atoms with Crippen LogP contribution in [0.4, 0.5) is 0 Å².